The van der Waals surface area contributed by atoms with Crippen LogP contribution in [0.15, 0.2) is 72.8 Å². The highest BCUT2D eigenvalue weighted by Crippen LogP contribution is 2.31. The zero-order valence-corrected chi connectivity index (χ0v) is 22.2. The number of amides is 1. The smallest absolute Gasteiger partial charge is 0.335 e. The van der Waals surface area contributed by atoms with Crippen LogP contribution in [0.5, 0.6) is 0 Å². The maximum atomic E-state index is 13.9. The highest BCUT2D eigenvalue weighted by atomic mass is 16.5. The number of likely N-dealkylation sites (N-methyl/N-ethyl adjacent to an activating group) is 1. The summed E-state index contributed by atoms with van der Waals surface area (Å²) in [5, 5.41) is 19.3. The third-order valence-corrected chi connectivity index (χ3v) is 7.21. The first-order chi connectivity index (χ1) is 18.3. The lowest BCUT2D eigenvalue weighted by Gasteiger charge is -2.35. The predicted octanol–water partition coefficient (Wildman–Crippen LogP) is 4.54. The molecule has 1 aliphatic heterocycles. The van der Waals surface area contributed by atoms with Crippen molar-refractivity contribution in [2.24, 2.45) is 5.92 Å². The highest BCUT2D eigenvalue weighted by Gasteiger charge is 2.30. The Morgan fingerprint density at radius 1 is 1.05 bits per heavy atom. The number of ether oxygens (including phenoxy) is 1. The first-order valence-electron chi connectivity index (χ1n) is 13.0. The van der Waals surface area contributed by atoms with Gasteiger partial charge in [-0.05, 0) is 54.4 Å². The highest BCUT2D eigenvalue weighted by molar-refractivity contribution is 6.01. The zero-order chi connectivity index (χ0) is 27.2. The van der Waals surface area contributed by atoms with Gasteiger partial charge in [0.15, 0.2) is 0 Å². The number of aliphatic hydroxyl groups is 1. The van der Waals surface area contributed by atoms with Gasteiger partial charge in [0.1, 0.15) is 0 Å². The van der Waals surface area contributed by atoms with E-state index in [1.165, 1.54) is 0 Å². The number of aliphatic hydroxyl groups excluding tert-OH is 1. The molecule has 0 fully saturated rings. The minimum Gasteiger partial charge on any atom is -0.478 e. The predicted molar refractivity (Wildman–Crippen MR) is 147 cm³/mol. The minimum atomic E-state index is -0.947. The van der Waals surface area contributed by atoms with Crippen molar-refractivity contribution >= 4 is 11.9 Å². The van der Waals surface area contributed by atoms with Gasteiger partial charge in [-0.3, -0.25) is 9.69 Å². The number of hydrogen-bond donors (Lipinski definition) is 2. The van der Waals surface area contributed by atoms with Crippen LogP contribution in [0.25, 0.3) is 11.1 Å². The van der Waals surface area contributed by atoms with E-state index in [4.69, 9.17) is 4.74 Å². The molecule has 0 bridgehead atoms. The largest absolute Gasteiger partial charge is 0.478 e. The van der Waals surface area contributed by atoms with E-state index in [1.807, 2.05) is 68.6 Å². The molecule has 1 heterocycles. The molecule has 0 aliphatic carbocycles. The van der Waals surface area contributed by atoms with Gasteiger partial charge in [0.05, 0.1) is 30.9 Å². The lowest BCUT2D eigenvalue weighted by molar-refractivity contribution is -0.0241. The van der Waals surface area contributed by atoms with E-state index >= 15 is 0 Å². The van der Waals surface area contributed by atoms with Crippen LogP contribution in [0.4, 0.5) is 0 Å². The van der Waals surface area contributed by atoms with E-state index in [0.29, 0.717) is 31.8 Å². The van der Waals surface area contributed by atoms with Crippen LogP contribution in [0, 0.1) is 5.92 Å². The standard InChI is InChI=1S/C31H36N2O5/c1-21-16-33(22(2)19-34)30(35)28-14-7-6-13-27(28)26-12-5-4-10-25(26)20-38-29(21)18-32(3)17-23-9-8-11-24(15-23)31(36)37/h4-15,21-22,29,34H,16-20H2,1-3H3,(H,36,37)/t21-,22-,29-/m0/s1. The minimum absolute atomic E-state index is 0.0295. The van der Waals surface area contributed by atoms with Crippen molar-refractivity contribution in [2.75, 3.05) is 26.7 Å². The molecule has 200 valence electrons. The van der Waals surface area contributed by atoms with Crippen molar-refractivity contribution < 1.29 is 24.5 Å². The summed E-state index contributed by atoms with van der Waals surface area (Å²) in [6.07, 6.45) is -0.210. The van der Waals surface area contributed by atoms with Crippen LogP contribution in [0.1, 0.15) is 45.7 Å². The molecule has 7 nitrogen and oxygen atoms in total. The summed E-state index contributed by atoms with van der Waals surface area (Å²) < 4.78 is 6.56. The zero-order valence-electron chi connectivity index (χ0n) is 22.2. The lowest BCUT2D eigenvalue weighted by Crippen LogP contribution is -2.47. The summed E-state index contributed by atoms with van der Waals surface area (Å²) in [4.78, 5) is 29.2. The van der Waals surface area contributed by atoms with E-state index in [2.05, 4.69) is 11.8 Å². The van der Waals surface area contributed by atoms with Crippen molar-refractivity contribution in [3.63, 3.8) is 0 Å². The Kier molecular flexibility index (Phi) is 8.94. The maximum absolute atomic E-state index is 13.9. The Labute approximate surface area is 224 Å². The van der Waals surface area contributed by atoms with E-state index in [0.717, 1.165) is 22.3 Å². The molecule has 0 aromatic heterocycles. The number of carbonyl (C=O) groups is 2. The van der Waals surface area contributed by atoms with Gasteiger partial charge >= 0.3 is 5.97 Å². The third-order valence-electron chi connectivity index (χ3n) is 7.21. The molecule has 1 amide bonds. The fraction of sp³-hybridized carbons (Fsp3) is 0.355. The molecule has 3 aromatic carbocycles. The van der Waals surface area contributed by atoms with Gasteiger partial charge in [-0.25, -0.2) is 4.79 Å². The topological polar surface area (TPSA) is 90.3 Å². The van der Waals surface area contributed by atoms with Gasteiger partial charge in [0.25, 0.3) is 5.91 Å². The van der Waals surface area contributed by atoms with Crippen molar-refractivity contribution in [2.45, 2.75) is 39.1 Å². The molecular weight excluding hydrogens is 480 g/mol. The number of nitrogens with zero attached hydrogens (tertiary/aromatic N) is 2. The first-order valence-corrected chi connectivity index (χ1v) is 13.0. The summed E-state index contributed by atoms with van der Waals surface area (Å²) in [5.74, 6) is -1.08. The van der Waals surface area contributed by atoms with Crippen molar-refractivity contribution in [3.05, 3.63) is 95.1 Å². The van der Waals surface area contributed by atoms with Crippen LogP contribution >= 0.6 is 0 Å². The Hall–Kier alpha value is -3.52. The Bertz CT molecular complexity index is 1280. The van der Waals surface area contributed by atoms with Crippen molar-refractivity contribution in [1.29, 1.82) is 0 Å². The van der Waals surface area contributed by atoms with Crippen molar-refractivity contribution in [3.8, 4) is 11.1 Å². The summed E-state index contributed by atoms with van der Waals surface area (Å²) in [7, 11) is 1.98. The average Bonchev–Trinajstić information content (AvgIpc) is 2.94. The molecule has 7 heteroatoms. The second-order valence-electron chi connectivity index (χ2n) is 10.2. The third kappa shape index (κ3) is 6.30. The normalized spacial score (nSPS) is 18.9. The van der Waals surface area contributed by atoms with Gasteiger partial charge in [-0.2, -0.15) is 0 Å². The van der Waals surface area contributed by atoms with Crippen LogP contribution in [0.3, 0.4) is 0 Å². The number of carboxylic acid groups (broad SMARTS) is 1. The fourth-order valence-corrected chi connectivity index (χ4v) is 5.04. The molecule has 0 saturated carbocycles. The molecule has 2 N–H and O–H groups in total. The molecular formula is C31H36N2O5. The van der Waals surface area contributed by atoms with Gasteiger partial charge in [-0.15, -0.1) is 0 Å². The summed E-state index contributed by atoms with van der Waals surface area (Å²) in [5.41, 5.74) is 4.60. The second kappa shape index (κ2) is 12.3. The number of rotatable bonds is 7. The number of benzene rings is 3. The molecule has 38 heavy (non-hydrogen) atoms. The van der Waals surface area contributed by atoms with Gasteiger partial charge in [0, 0.05) is 31.1 Å². The van der Waals surface area contributed by atoms with E-state index in [9.17, 15) is 19.8 Å². The van der Waals surface area contributed by atoms with Crippen molar-refractivity contribution in [1.82, 2.24) is 9.80 Å². The fourth-order valence-electron chi connectivity index (χ4n) is 5.04. The van der Waals surface area contributed by atoms with E-state index < -0.39 is 5.97 Å². The molecule has 1 aliphatic rings. The average molecular weight is 517 g/mol. The summed E-state index contributed by atoms with van der Waals surface area (Å²) >= 11 is 0. The maximum Gasteiger partial charge on any atom is 0.335 e. The first kappa shape index (κ1) is 27.5. The van der Waals surface area contributed by atoms with Crippen LogP contribution in [0.2, 0.25) is 0 Å². The summed E-state index contributed by atoms with van der Waals surface area (Å²) in [6, 6.07) is 22.2. The number of fused-ring (bicyclic) bond motifs is 3. The molecule has 3 aromatic rings. The van der Waals surface area contributed by atoms with E-state index in [1.54, 1.807) is 23.1 Å². The van der Waals surface area contributed by atoms with Crippen LogP contribution in [-0.4, -0.2) is 70.8 Å². The van der Waals surface area contributed by atoms with Crippen LogP contribution < -0.4 is 0 Å². The Morgan fingerprint density at radius 3 is 2.45 bits per heavy atom. The molecule has 4 rings (SSSR count). The molecule has 0 radical (unpaired) electrons. The van der Waals surface area contributed by atoms with Gasteiger partial charge in [0.2, 0.25) is 0 Å². The number of aromatic carboxylic acids is 1. The second-order valence-corrected chi connectivity index (χ2v) is 10.2. The molecule has 0 spiro atoms. The Morgan fingerprint density at radius 2 is 1.74 bits per heavy atom. The number of hydrogen-bond acceptors (Lipinski definition) is 5. The van der Waals surface area contributed by atoms with Gasteiger partial charge in [-0.1, -0.05) is 61.5 Å². The quantitative estimate of drug-likeness (QED) is 0.479. The Balaban J connectivity index is 1.65. The van der Waals surface area contributed by atoms with E-state index in [-0.39, 0.29) is 36.1 Å². The monoisotopic (exact) mass is 516 g/mol. The van der Waals surface area contributed by atoms with Crippen LogP contribution in [-0.2, 0) is 17.9 Å². The number of carbonyl (C=O) groups excluding carboxylic acids is 1. The molecule has 0 unspecified atom stereocenters. The SMILES string of the molecule is C[C@H]1CN([C@@H](C)CO)C(=O)c2ccccc2-c2ccccc2CO[C@H]1CN(C)Cc1cccc(C(=O)O)c1. The van der Waals surface area contributed by atoms with Gasteiger partial charge < -0.3 is 19.8 Å². The molecule has 0 saturated heterocycles. The summed E-state index contributed by atoms with van der Waals surface area (Å²) in [6.45, 7) is 5.77. The number of carboxylic acids is 1. The molecule has 3 atom stereocenters. The lowest BCUT2D eigenvalue weighted by atomic mass is 9.94.